The molecule has 462 valence electrons. The molecule has 0 amide bonds. The second-order valence-electron chi connectivity index (χ2n) is 20.4. The summed E-state index contributed by atoms with van der Waals surface area (Å²) in [5.41, 5.74) is -3.41. The van der Waals surface area contributed by atoms with Crippen molar-refractivity contribution >= 4 is 44.8 Å². The van der Waals surface area contributed by atoms with Crippen LogP contribution in [-0.2, 0) is 6.18 Å². The Hall–Kier alpha value is -14.2. The van der Waals surface area contributed by atoms with Gasteiger partial charge >= 0.3 is 12.5 Å². The summed E-state index contributed by atoms with van der Waals surface area (Å²) in [5, 5.41) is 39.4. The van der Waals surface area contributed by atoms with Gasteiger partial charge in [0, 0.05) is 22.3 Å². The zero-order chi connectivity index (χ0) is 70.0. The van der Waals surface area contributed by atoms with E-state index in [9.17, 15) is 82.5 Å². The van der Waals surface area contributed by atoms with Gasteiger partial charge in [0.2, 0.25) is 34.7 Å². The van der Waals surface area contributed by atoms with Crippen molar-refractivity contribution in [2.45, 2.75) is 12.5 Å². The van der Waals surface area contributed by atoms with E-state index in [1.165, 1.54) is 78.9 Å². The van der Waals surface area contributed by atoms with Crippen LogP contribution >= 0.6 is 0 Å². The molecular weight excluding hydrogens is 1290 g/mol. The third-order valence-corrected chi connectivity index (χ3v) is 15.5. The van der Waals surface area contributed by atoms with Crippen LogP contribution in [0, 0.1) is 132 Å². The molecule has 4 aliphatic carbocycles. The number of nitrogens with zero attached hydrogens (tertiary/aromatic N) is 12. The Labute approximate surface area is 535 Å². The molecule has 0 saturated carbocycles. The van der Waals surface area contributed by atoms with Crippen LogP contribution in [0.4, 0.5) is 61.5 Å². The predicted octanol–water partition coefficient (Wildman–Crippen LogP) is 18.8. The maximum atomic E-state index is 14.7. The molecule has 8 aromatic rings. The molecule has 0 saturated heterocycles. The minimum atomic E-state index is -5.06. The predicted molar refractivity (Wildman–Crippen MR) is 316 cm³/mol. The molecule has 2 aromatic heterocycles. The monoisotopic (exact) mass is 1310 g/mol. The molecule has 0 unspecified atom stereocenters. The Morgan fingerprint density at radius 3 is 1.02 bits per heavy atom. The van der Waals surface area contributed by atoms with Crippen LogP contribution < -0.4 is 4.74 Å². The van der Waals surface area contributed by atoms with Crippen molar-refractivity contribution in [1.82, 2.24) is 9.97 Å². The van der Waals surface area contributed by atoms with Gasteiger partial charge in [-0.15, -0.1) is 13.2 Å². The third kappa shape index (κ3) is 10.5. The quantitative estimate of drug-likeness (QED) is 0.0718. The largest absolute Gasteiger partial charge is 0.573 e. The van der Waals surface area contributed by atoms with Crippen molar-refractivity contribution in [3.63, 3.8) is 0 Å². The summed E-state index contributed by atoms with van der Waals surface area (Å²) in [6, 6.07) is 29.3. The molecular formula is C70H18F14N12O. The number of nitriles is 4. The highest BCUT2D eigenvalue weighted by molar-refractivity contribution is 6.26. The fourth-order valence-electron chi connectivity index (χ4n) is 11.6. The Morgan fingerprint density at radius 1 is 0.361 bits per heavy atom. The van der Waals surface area contributed by atoms with Crippen molar-refractivity contribution in [3.05, 3.63) is 308 Å². The summed E-state index contributed by atoms with van der Waals surface area (Å²) in [7, 11) is 0. The van der Waals surface area contributed by atoms with Crippen molar-refractivity contribution < 1.29 is 66.2 Å². The number of alkyl halides is 6. The summed E-state index contributed by atoms with van der Waals surface area (Å²) in [5.74, 6) is -16.4. The van der Waals surface area contributed by atoms with Gasteiger partial charge in [0.15, 0.2) is 11.6 Å². The molecule has 0 bridgehead atoms. The molecule has 97 heavy (non-hydrogen) atoms. The van der Waals surface area contributed by atoms with Crippen LogP contribution in [0.3, 0.4) is 0 Å². The van der Waals surface area contributed by atoms with E-state index in [0.29, 0.717) is 22.3 Å². The van der Waals surface area contributed by atoms with Gasteiger partial charge in [0.1, 0.15) is 17.1 Å². The van der Waals surface area contributed by atoms with Crippen LogP contribution in [0.2, 0.25) is 0 Å². The molecule has 0 spiro atoms. The highest BCUT2D eigenvalue weighted by Crippen LogP contribution is 2.56. The molecule has 13 nitrogen and oxygen atoms in total. The van der Waals surface area contributed by atoms with Gasteiger partial charge in [-0.05, 0) is 143 Å². The number of hydrogen-bond acceptors (Lipinski definition) is 7. The number of halogens is 14. The minimum Gasteiger partial charge on any atom is -0.406 e. The topological polar surface area (TPSA) is 156 Å². The zero-order valence-electron chi connectivity index (χ0n) is 47.5. The number of rotatable bonds is 5. The summed E-state index contributed by atoms with van der Waals surface area (Å²) in [6.45, 7) is 46.2. The molecule has 2 heterocycles. The van der Waals surface area contributed by atoms with Gasteiger partial charge in [-0.1, -0.05) is 66.7 Å². The van der Waals surface area contributed by atoms with E-state index in [-0.39, 0.29) is 112 Å². The van der Waals surface area contributed by atoms with Gasteiger partial charge in [-0.2, -0.15) is 30.7 Å². The first kappa shape index (κ1) is 64.3. The lowest BCUT2D eigenvalue weighted by Gasteiger charge is -2.13. The Bertz CT molecular complexity index is 5630. The normalized spacial score (nSPS) is 14.8. The SMILES string of the molecule is [C-]#[N+]C1=C(c2ccc3c(c2)/C(=C(\C#N)[N+]#[C-])c2cc(-c4nc(F)c(F)c(F)c4F)ccc2-3)/C(=C(/C#N)[N+]#[C-])c2cc(C(F)(F)F)ccc21.[C-]#[N+]C1=C(c2ccc3c(c2)/C(=C(\C#N)[N+]#[C-])c2cc(-c4nc(F)c(F)c(F)c4F)ccc2-3)/C(=C(/C#N)[N+]#[C-])c2cc(OC(F)(F)F)ccc21. The Kier molecular flexibility index (Phi) is 16.0. The number of hydrogen-bond donors (Lipinski definition) is 0. The maximum absolute atomic E-state index is 14.7. The van der Waals surface area contributed by atoms with E-state index < -0.39 is 105 Å². The van der Waals surface area contributed by atoms with Crippen LogP contribution in [0.15, 0.2) is 132 Å². The Balaban J connectivity index is 0.000000197. The summed E-state index contributed by atoms with van der Waals surface area (Å²) >= 11 is 0. The van der Waals surface area contributed by atoms with E-state index in [0.717, 1.165) is 30.3 Å². The van der Waals surface area contributed by atoms with Crippen molar-refractivity contribution in [2.75, 3.05) is 0 Å². The summed E-state index contributed by atoms with van der Waals surface area (Å²) in [6.07, 6.45) is -9.84. The van der Waals surface area contributed by atoms with Crippen molar-refractivity contribution in [1.29, 1.82) is 21.0 Å². The average molecular weight is 1310 g/mol. The van der Waals surface area contributed by atoms with E-state index in [4.69, 9.17) is 39.4 Å². The van der Waals surface area contributed by atoms with Crippen LogP contribution in [0.5, 0.6) is 5.75 Å². The molecule has 12 rings (SSSR count). The first-order valence-corrected chi connectivity index (χ1v) is 26.7. The highest BCUT2D eigenvalue weighted by atomic mass is 19.4. The lowest BCUT2D eigenvalue weighted by molar-refractivity contribution is -0.274. The smallest absolute Gasteiger partial charge is 0.406 e. The van der Waals surface area contributed by atoms with Gasteiger partial charge in [-0.3, -0.25) is 0 Å². The number of benzene rings is 6. The molecule has 6 aromatic carbocycles. The molecule has 0 aliphatic heterocycles. The van der Waals surface area contributed by atoms with Gasteiger partial charge in [-0.25, -0.2) is 77.6 Å². The van der Waals surface area contributed by atoms with Crippen LogP contribution in [-0.4, -0.2) is 16.3 Å². The number of pyridine rings is 2. The first-order chi connectivity index (χ1) is 46.3. The van der Waals surface area contributed by atoms with E-state index in [1.807, 2.05) is 0 Å². The second-order valence-corrected chi connectivity index (χ2v) is 20.4. The van der Waals surface area contributed by atoms with Crippen molar-refractivity contribution in [3.8, 4) is 74.8 Å². The van der Waals surface area contributed by atoms with Crippen molar-refractivity contribution in [2.24, 2.45) is 0 Å². The van der Waals surface area contributed by atoms with E-state index in [1.54, 1.807) is 24.3 Å². The number of fused-ring (bicyclic) bond motifs is 8. The molecule has 0 radical (unpaired) electrons. The number of allylic oxidation sites excluding steroid dienone is 8. The summed E-state index contributed by atoms with van der Waals surface area (Å²) in [4.78, 5) is 26.5. The fraction of sp³-hybridized carbons (Fsp3) is 0.0286. The lowest BCUT2D eigenvalue weighted by atomic mass is 9.91. The molecule has 0 N–H and O–H groups in total. The minimum absolute atomic E-state index is 0.00496. The summed E-state index contributed by atoms with van der Waals surface area (Å²) < 4.78 is 197. The Morgan fingerprint density at radius 2 is 0.680 bits per heavy atom. The molecule has 27 heteroatoms. The zero-order valence-corrected chi connectivity index (χ0v) is 47.5. The fourth-order valence-corrected chi connectivity index (χ4v) is 11.6. The van der Waals surface area contributed by atoms with E-state index in [2.05, 4.69) is 43.8 Å². The average Bonchev–Trinajstić information content (AvgIpc) is 1.59. The van der Waals surface area contributed by atoms with Gasteiger partial charge < -0.3 is 4.74 Å². The first-order valence-electron chi connectivity index (χ1n) is 26.7. The standard InChI is InChI=1S/C35H9F7N6O.C35H9F7N6/c1-45-24(13-43)27-21-10-15(4-7-18(21)19-8-5-16(11-22(19)27)32-30(37)29(36)31(38)34(39)48-32)26-28(25(14-44)46-2)23-12-17(49-35(40,41)42)6-9-20(23)33(26)47-3;1-45-24(13-43)27-21-10-15(26-28(25(14-44)46-2)23-12-17(35(40,41)42)6-9-20(23)33(26)47-3)4-7-18(21)19-8-5-16(11-22(19)27)32-30(37)29(36)31(38)34(39)48-32/h4-12H;4-12H/b2*27-24-,28-25-. The highest BCUT2D eigenvalue weighted by Gasteiger charge is 2.40. The second kappa shape index (κ2) is 24.1. The molecule has 0 atom stereocenters. The van der Waals surface area contributed by atoms with Gasteiger partial charge in [0.05, 0.1) is 69.3 Å². The van der Waals surface area contributed by atoms with Crippen LogP contribution in [0.25, 0.3) is 119 Å². The third-order valence-electron chi connectivity index (χ3n) is 15.5. The maximum Gasteiger partial charge on any atom is 0.573 e. The number of ether oxygens (including phenoxy) is 1. The molecule has 0 fully saturated rings. The molecule has 4 aliphatic rings. The lowest BCUT2D eigenvalue weighted by Crippen LogP contribution is -2.17. The van der Waals surface area contributed by atoms with E-state index >= 15 is 0 Å². The number of aromatic nitrogens is 2. The van der Waals surface area contributed by atoms with Gasteiger partial charge in [0.25, 0.3) is 34.7 Å². The van der Waals surface area contributed by atoms with Crippen LogP contribution in [0.1, 0.15) is 61.2 Å².